The lowest BCUT2D eigenvalue weighted by atomic mass is 10.1. The first-order valence-corrected chi connectivity index (χ1v) is 8.27. The normalized spacial score (nSPS) is 13.9. The second kappa shape index (κ2) is 7.11. The molecule has 0 spiro atoms. The maximum atomic E-state index is 13.2. The number of aromatic amines is 2. The SMILES string of the molecule is [2H]c1nc(-c2c([2H])[nH]c3ccccc23)[nH]c1C(=O)c1cc(OC)c(OC)c(OC([2H])([2H])[2H])c1. The van der Waals surface area contributed by atoms with Crippen molar-refractivity contribution in [3.8, 4) is 28.6 Å². The summed E-state index contributed by atoms with van der Waals surface area (Å²) >= 11 is 0. The number of hydrogen-bond donors (Lipinski definition) is 2. The van der Waals surface area contributed by atoms with E-state index in [0.717, 1.165) is 10.9 Å². The van der Waals surface area contributed by atoms with Crippen molar-refractivity contribution in [3.05, 3.63) is 60.0 Å². The number of hydrogen-bond acceptors (Lipinski definition) is 5. The molecule has 0 fully saturated rings. The van der Waals surface area contributed by atoms with Gasteiger partial charge in [0.1, 0.15) is 11.5 Å². The fourth-order valence-corrected chi connectivity index (χ4v) is 2.99. The molecule has 0 saturated carbocycles. The molecule has 0 aliphatic carbocycles. The van der Waals surface area contributed by atoms with Gasteiger partial charge in [-0.25, -0.2) is 4.98 Å². The Morgan fingerprint density at radius 1 is 1.14 bits per heavy atom. The minimum Gasteiger partial charge on any atom is -0.493 e. The molecule has 4 rings (SSSR count). The van der Waals surface area contributed by atoms with Crippen LogP contribution in [-0.4, -0.2) is 42.0 Å². The molecule has 2 aromatic heterocycles. The predicted molar refractivity (Wildman–Crippen MR) is 105 cm³/mol. The summed E-state index contributed by atoms with van der Waals surface area (Å²) in [4.78, 5) is 23.2. The van der Waals surface area contributed by atoms with Gasteiger partial charge in [-0.2, -0.15) is 0 Å². The summed E-state index contributed by atoms with van der Waals surface area (Å²) in [6.45, 7) is 0. The molecule has 0 aliphatic rings. The zero-order valence-corrected chi connectivity index (χ0v) is 15.0. The number of H-pyrrole nitrogens is 2. The summed E-state index contributed by atoms with van der Waals surface area (Å²) in [5.41, 5.74) is 1.01. The van der Waals surface area contributed by atoms with Crippen LogP contribution in [0.5, 0.6) is 17.2 Å². The van der Waals surface area contributed by atoms with E-state index < -0.39 is 12.8 Å². The number of rotatable bonds is 6. The number of aromatic nitrogens is 3. The molecule has 0 bridgehead atoms. The van der Waals surface area contributed by atoms with Crippen LogP contribution in [0.15, 0.2) is 48.7 Å². The Morgan fingerprint density at radius 2 is 1.93 bits per heavy atom. The number of para-hydroxylation sites is 1. The molecule has 2 N–H and O–H groups in total. The number of ether oxygens (including phenoxy) is 3. The molecular formula is C21H19N3O4. The van der Waals surface area contributed by atoms with Gasteiger partial charge in [0, 0.05) is 28.2 Å². The Bertz CT molecular complexity index is 1360. The molecule has 0 unspecified atom stereocenters. The molecule has 28 heavy (non-hydrogen) atoms. The molecule has 2 aromatic carbocycles. The Morgan fingerprint density at radius 3 is 2.68 bits per heavy atom. The molecule has 2 heterocycles. The van der Waals surface area contributed by atoms with E-state index in [9.17, 15) is 4.79 Å². The van der Waals surface area contributed by atoms with E-state index in [1.165, 1.54) is 26.4 Å². The van der Waals surface area contributed by atoms with Gasteiger partial charge in [0.2, 0.25) is 11.5 Å². The number of ketones is 1. The number of nitrogens with zero attached hydrogens (tertiary/aromatic N) is 1. The maximum Gasteiger partial charge on any atom is 0.211 e. The van der Waals surface area contributed by atoms with Crippen molar-refractivity contribution in [3.63, 3.8) is 0 Å². The Kier molecular flexibility index (Phi) is 3.20. The van der Waals surface area contributed by atoms with Crippen LogP contribution in [0.2, 0.25) is 0 Å². The average Bonchev–Trinajstić information content (AvgIpc) is 3.29. The molecule has 0 amide bonds. The second-order valence-corrected chi connectivity index (χ2v) is 5.88. The van der Waals surface area contributed by atoms with Crippen LogP contribution in [-0.2, 0) is 0 Å². The van der Waals surface area contributed by atoms with Crippen LogP contribution in [0.3, 0.4) is 0 Å². The third-order valence-corrected chi connectivity index (χ3v) is 4.32. The van der Waals surface area contributed by atoms with Gasteiger partial charge in [0.25, 0.3) is 0 Å². The van der Waals surface area contributed by atoms with Crippen molar-refractivity contribution in [1.29, 1.82) is 0 Å². The summed E-state index contributed by atoms with van der Waals surface area (Å²) in [6.07, 6.45) is -0.240. The fraction of sp³-hybridized carbons (Fsp3) is 0.143. The first-order chi connectivity index (χ1) is 15.6. The van der Waals surface area contributed by atoms with Gasteiger partial charge < -0.3 is 24.2 Å². The highest BCUT2D eigenvalue weighted by Crippen LogP contribution is 2.38. The second-order valence-electron chi connectivity index (χ2n) is 5.88. The molecule has 0 atom stereocenters. The van der Waals surface area contributed by atoms with Gasteiger partial charge in [-0.05, 0) is 18.2 Å². The minimum atomic E-state index is -2.79. The van der Waals surface area contributed by atoms with Crippen LogP contribution >= 0.6 is 0 Å². The molecule has 0 radical (unpaired) electrons. The largest absolute Gasteiger partial charge is 0.493 e. The van der Waals surface area contributed by atoms with Crippen molar-refractivity contribution in [2.45, 2.75) is 0 Å². The lowest BCUT2D eigenvalue weighted by Crippen LogP contribution is -2.04. The van der Waals surface area contributed by atoms with E-state index in [-0.39, 0.29) is 46.7 Å². The quantitative estimate of drug-likeness (QED) is 0.495. The fourth-order valence-electron chi connectivity index (χ4n) is 2.99. The van der Waals surface area contributed by atoms with Crippen molar-refractivity contribution in [2.24, 2.45) is 0 Å². The molecule has 7 heteroatoms. The average molecular weight is 382 g/mol. The minimum absolute atomic E-state index is 0.000577. The molecular weight excluding hydrogens is 358 g/mol. The Labute approximate surface area is 168 Å². The van der Waals surface area contributed by atoms with Crippen LogP contribution in [0.1, 0.15) is 22.9 Å². The van der Waals surface area contributed by atoms with Crippen molar-refractivity contribution in [1.82, 2.24) is 15.0 Å². The standard InChI is InChI=1S/C21H19N3O4/c1-26-17-8-12(9-18(27-2)20(17)28-3)19(25)16-11-23-21(24-16)14-10-22-15-7-5-4-6-13(14)15/h4-11,22H,1-3H3,(H,23,24)/i1D3,10D,11D. The van der Waals surface area contributed by atoms with E-state index in [2.05, 4.69) is 15.0 Å². The van der Waals surface area contributed by atoms with Gasteiger partial charge >= 0.3 is 0 Å². The van der Waals surface area contributed by atoms with Crippen molar-refractivity contribution >= 4 is 16.7 Å². The predicted octanol–water partition coefficient (Wildman–Crippen LogP) is 3.81. The first kappa shape index (κ1) is 12.6. The van der Waals surface area contributed by atoms with Crippen molar-refractivity contribution in [2.75, 3.05) is 21.3 Å². The summed E-state index contributed by atoms with van der Waals surface area (Å²) in [5, 5.41) is 0.717. The first-order valence-electron chi connectivity index (χ1n) is 10.8. The van der Waals surface area contributed by atoms with E-state index in [1.54, 1.807) is 6.07 Å². The van der Waals surface area contributed by atoms with Crippen LogP contribution in [0.25, 0.3) is 22.3 Å². The summed E-state index contributed by atoms with van der Waals surface area (Å²) in [6, 6.07) is 9.81. The van der Waals surface area contributed by atoms with Gasteiger partial charge in [-0.15, -0.1) is 0 Å². The Hall–Kier alpha value is -3.74. The van der Waals surface area contributed by atoms with Gasteiger partial charge in [-0.3, -0.25) is 4.79 Å². The number of methoxy groups -OCH3 is 3. The van der Waals surface area contributed by atoms with Crippen LogP contribution in [0, 0.1) is 0 Å². The number of carbonyl (C=O) groups is 1. The van der Waals surface area contributed by atoms with Crippen LogP contribution < -0.4 is 14.2 Å². The number of imidazole rings is 1. The molecule has 4 aromatic rings. The highest BCUT2D eigenvalue weighted by molar-refractivity contribution is 6.09. The maximum absolute atomic E-state index is 13.2. The van der Waals surface area contributed by atoms with Crippen LogP contribution in [0.4, 0.5) is 0 Å². The highest BCUT2D eigenvalue weighted by atomic mass is 16.5. The molecule has 0 saturated heterocycles. The monoisotopic (exact) mass is 382 g/mol. The third kappa shape index (κ3) is 2.87. The van der Waals surface area contributed by atoms with E-state index in [0.29, 0.717) is 5.56 Å². The van der Waals surface area contributed by atoms with E-state index in [1.807, 2.05) is 18.2 Å². The van der Waals surface area contributed by atoms with Gasteiger partial charge in [0.05, 0.1) is 34.3 Å². The van der Waals surface area contributed by atoms with Gasteiger partial charge in [0.15, 0.2) is 11.5 Å². The Balaban J connectivity index is 1.80. The van der Waals surface area contributed by atoms with E-state index >= 15 is 0 Å². The zero-order chi connectivity index (χ0) is 23.9. The third-order valence-electron chi connectivity index (χ3n) is 4.32. The summed E-state index contributed by atoms with van der Waals surface area (Å²) in [5.74, 6) is -0.568. The van der Waals surface area contributed by atoms with E-state index in [4.69, 9.17) is 21.1 Å². The number of carbonyl (C=O) groups excluding carboxylic acids is 1. The van der Waals surface area contributed by atoms with Gasteiger partial charge in [-0.1, -0.05) is 18.2 Å². The zero-order valence-electron chi connectivity index (χ0n) is 20.0. The topological polar surface area (TPSA) is 89.2 Å². The van der Waals surface area contributed by atoms with Crippen molar-refractivity contribution < 1.29 is 25.9 Å². The molecule has 7 nitrogen and oxygen atoms in total. The lowest BCUT2D eigenvalue weighted by molar-refractivity contribution is 0.103. The lowest BCUT2D eigenvalue weighted by Gasteiger charge is -2.13. The number of fused-ring (bicyclic) bond motifs is 1. The number of nitrogens with one attached hydrogen (secondary N) is 2. The highest BCUT2D eigenvalue weighted by Gasteiger charge is 2.20. The molecule has 0 aliphatic heterocycles. The molecule has 142 valence electrons. The smallest absolute Gasteiger partial charge is 0.211 e. The number of benzene rings is 2. The summed E-state index contributed by atoms with van der Waals surface area (Å²) < 4.78 is 54.0. The summed E-state index contributed by atoms with van der Waals surface area (Å²) in [7, 11) is -0.141.